The van der Waals surface area contributed by atoms with Gasteiger partial charge >= 0.3 is 21.1 Å². The molecule has 0 unspecified atom stereocenters. The number of benzene rings is 8. The van der Waals surface area contributed by atoms with E-state index in [0.29, 0.717) is 132 Å². The first-order chi connectivity index (χ1) is 56.5. The Hall–Kier alpha value is -11.4. The van der Waals surface area contributed by atoms with E-state index in [9.17, 15) is 0 Å². The normalized spacial score (nSPS) is 13.2. The number of aromatic nitrogens is 8. The van der Waals surface area contributed by atoms with Gasteiger partial charge in [-0.05, 0) is 185 Å². The van der Waals surface area contributed by atoms with Crippen molar-refractivity contribution >= 4 is 130 Å². The Morgan fingerprint density at radius 2 is 0.385 bits per heavy atom. The molecule has 8 bridgehead atoms. The molecule has 4 atom stereocenters. The third kappa shape index (κ3) is 13.6. The summed E-state index contributed by atoms with van der Waals surface area (Å²) in [6.07, 6.45) is 14.0. The first kappa shape index (κ1) is 79.5. The van der Waals surface area contributed by atoms with E-state index in [0.717, 1.165) is 103 Å². The van der Waals surface area contributed by atoms with Gasteiger partial charge in [0, 0.05) is 26.2 Å². The van der Waals surface area contributed by atoms with Crippen LogP contribution in [-0.4, -0.2) is 18.3 Å². The van der Waals surface area contributed by atoms with Gasteiger partial charge in [-0.15, -0.1) is 44.1 Å². The average Bonchev–Trinajstić information content (AvgIpc) is 1.54. The topological polar surface area (TPSA) is 213 Å². The van der Waals surface area contributed by atoms with Crippen LogP contribution in [0.15, 0.2) is 208 Å². The standard InChI is InChI=1S/C100H100N8O8.Pt/c1-9-17-33-57(13-5)53-105-93(109)73-45-65-66(46-74(73)94(105)110)86-82(62-39-27-22-28-40-62)88-68-48-76-78(98(114)107(96(76)112)55-59(15-7)35-19-11-3)50-70(68)90(103-88)84(64-43-31-24-32-44-64)92-72-52-80-79(99(115)108(100(80)116)56-60(16-8)36-20-12-4)51-71(72)91(104-92)83(63-41-29-23-30-42-63)89-69-49-77-75(95(111)106(97(77)113)54-58(14-6)34-18-10-2)47-67(69)87(102-89)81(85(65)101-86)61-37-25-21-26-38-61;/h21-32,37-52,57-60H,9-20,33-36,53-56H2,1-8H3,(H4,101,102,103,104,109,110,111,112,113,114,115,116);/q;+4/p-4/t57-,58+,59+,60-;. The smallest absolute Gasteiger partial charge is 0.656 e. The molecule has 0 fully saturated rings. The molecule has 0 radical (unpaired) electrons. The van der Waals surface area contributed by atoms with Gasteiger partial charge in [-0.3, -0.25) is 56.6 Å². The van der Waals surface area contributed by atoms with Gasteiger partial charge in [-0.25, -0.2) is 0 Å². The van der Waals surface area contributed by atoms with Crippen LogP contribution in [0.2, 0.25) is 0 Å². The molecule has 0 aliphatic heterocycles. The fraction of sp³-hybridized carbons (Fsp3) is 0.320. The van der Waals surface area contributed by atoms with Crippen LogP contribution < -0.4 is 64.4 Å². The zero-order chi connectivity index (χ0) is 80.5. The molecule has 0 aliphatic carbocycles. The molecular weight excluding hydrogens is 1640 g/mol. The number of unbranched alkanes of at least 4 members (excludes halogenated alkanes) is 4. The van der Waals surface area contributed by atoms with Gasteiger partial charge in [0.2, 0.25) is 0 Å². The summed E-state index contributed by atoms with van der Waals surface area (Å²) in [6.45, 7) is 17.9. The van der Waals surface area contributed by atoms with Gasteiger partial charge in [-0.1, -0.05) is 254 Å². The number of rotatable bonds is 28. The predicted molar refractivity (Wildman–Crippen MR) is 478 cm³/mol. The number of fused-ring (bicyclic) bond motifs is 4. The average molecular weight is 1730 g/mol. The maximum atomic E-state index is 15.6. The van der Waals surface area contributed by atoms with Crippen molar-refractivity contribution < 1.29 is 21.1 Å². The Kier molecular flexibility index (Phi) is 22.4. The summed E-state index contributed by atoms with van der Waals surface area (Å²) in [4.78, 5) is 149. The largest absolute Gasteiger partial charge is 4.00 e. The van der Waals surface area contributed by atoms with Crippen LogP contribution in [0.3, 0.4) is 0 Å². The molecule has 8 heterocycles. The zero-order valence-electron chi connectivity index (χ0n) is 67.8. The molecule has 17 aromatic rings. The van der Waals surface area contributed by atoms with Crippen molar-refractivity contribution in [2.45, 2.75) is 184 Å². The van der Waals surface area contributed by atoms with Crippen molar-refractivity contribution in [3.8, 4) is 44.5 Å². The van der Waals surface area contributed by atoms with E-state index in [2.05, 4.69) is 55.4 Å². The van der Waals surface area contributed by atoms with E-state index in [4.69, 9.17) is 19.9 Å². The molecule has 117 heavy (non-hydrogen) atoms. The summed E-state index contributed by atoms with van der Waals surface area (Å²) in [5.41, 5.74) is 4.18. The van der Waals surface area contributed by atoms with Crippen molar-refractivity contribution in [3.05, 3.63) is 253 Å². The molecule has 17 heteroatoms. The minimum absolute atomic E-state index is 0. The van der Waals surface area contributed by atoms with E-state index in [-0.39, 0.29) is 114 Å². The monoisotopic (exact) mass is 1730 g/mol. The molecular formula is C100H96N8O8Pt. The summed E-state index contributed by atoms with van der Waals surface area (Å²) < 4.78 is 5.63. The van der Waals surface area contributed by atoms with Crippen LogP contribution in [0.1, 0.15) is 158 Å². The van der Waals surface area contributed by atoms with Crippen molar-refractivity contribution in [2.24, 2.45) is 23.7 Å². The molecule has 0 saturated carbocycles. The Bertz CT molecular complexity index is 6130. The maximum Gasteiger partial charge on any atom is 4.00 e. The van der Waals surface area contributed by atoms with Crippen molar-refractivity contribution in [1.82, 2.24) is 38.2 Å². The van der Waals surface area contributed by atoms with Gasteiger partial charge < -0.3 is 19.9 Å². The molecule has 0 N–H and O–H groups in total. The van der Waals surface area contributed by atoms with Gasteiger partial charge in [0.1, 0.15) is 0 Å². The van der Waals surface area contributed by atoms with Gasteiger partial charge in [0.05, 0.1) is 43.1 Å². The Balaban J connectivity index is 0.0000102. The summed E-state index contributed by atoms with van der Waals surface area (Å²) >= 11 is 0. The Morgan fingerprint density at radius 1 is 0.231 bits per heavy atom. The molecule has 8 aromatic heterocycles. The van der Waals surface area contributed by atoms with Gasteiger partial charge in [0.25, 0.3) is 44.5 Å². The molecule has 0 aliphatic rings. The molecule has 16 nitrogen and oxygen atoms in total. The molecule has 0 saturated heterocycles. The van der Waals surface area contributed by atoms with E-state index in [1.54, 1.807) is 0 Å². The number of hydrogen-bond donors (Lipinski definition) is 0. The van der Waals surface area contributed by atoms with Crippen LogP contribution in [-0.2, 0) is 47.2 Å². The fourth-order valence-electron chi connectivity index (χ4n) is 18.7. The second-order valence-electron chi connectivity index (χ2n) is 32.5. The molecule has 0 spiro atoms. The molecule has 594 valence electrons. The number of nitrogens with zero attached hydrogens (tertiary/aromatic N) is 8. The third-order valence-electron chi connectivity index (χ3n) is 25.5. The summed E-state index contributed by atoms with van der Waals surface area (Å²) in [5, 5.41) is 5.72. The van der Waals surface area contributed by atoms with E-state index in [1.807, 2.05) is 170 Å². The second-order valence-corrected chi connectivity index (χ2v) is 32.5. The van der Waals surface area contributed by atoms with Crippen LogP contribution >= 0.6 is 0 Å². The third-order valence-corrected chi connectivity index (χ3v) is 25.5. The van der Waals surface area contributed by atoms with Crippen LogP contribution in [0.5, 0.6) is 0 Å². The minimum atomic E-state index is -0.419. The van der Waals surface area contributed by atoms with Crippen molar-refractivity contribution in [3.63, 3.8) is 0 Å². The summed E-state index contributed by atoms with van der Waals surface area (Å²) in [7, 11) is 0. The number of hydrogen-bond acceptors (Lipinski definition) is 8. The summed E-state index contributed by atoms with van der Waals surface area (Å²) in [6, 6.07) is 53.6. The minimum Gasteiger partial charge on any atom is -0.656 e. The summed E-state index contributed by atoms with van der Waals surface area (Å²) in [5.74, 6) is 0.203. The first-order valence-electron chi connectivity index (χ1n) is 42.3. The molecule has 0 amide bonds. The fourth-order valence-corrected chi connectivity index (χ4v) is 18.7. The van der Waals surface area contributed by atoms with Crippen molar-refractivity contribution in [1.29, 1.82) is 0 Å². The quantitative estimate of drug-likeness (QED) is 0.0448. The van der Waals surface area contributed by atoms with Crippen molar-refractivity contribution in [2.75, 3.05) is 0 Å². The first-order valence-corrected chi connectivity index (χ1v) is 42.3. The van der Waals surface area contributed by atoms with Gasteiger partial charge in [0.15, 0.2) is 0 Å². The van der Waals surface area contributed by atoms with Crippen LogP contribution in [0.4, 0.5) is 0 Å². The maximum absolute atomic E-state index is 15.6. The van der Waals surface area contributed by atoms with E-state index in [1.165, 1.54) is 18.3 Å². The zero-order valence-corrected chi connectivity index (χ0v) is 70.0. The van der Waals surface area contributed by atoms with Crippen LogP contribution in [0, 0.1) is 23.7 Å². The predicted octanol–water partition coefficient (Wildman–Crippen LogP) is 20.4. The van der Waals surface area contributed by atoms with E-state index >= 15 is 38.4 Å². The Labute approximate surface area is 690 Å². The Morgan fingerprint density at radius 3 is 0.521 bits per heavy atom. The second kappa shape index (κ2) is 33.0. The SMILES string of the molecule is CCCC[C@@H](CC)Cn1c(=O)c2cc3c4[n-]c(c(-c5ccccc5)c5[n-]c(c(-c6ccccc6)c6[n-]c(c(-c7ccccc7)c7[n-]c(c4-c4ccccc4)c4cc8c(=O)n(C[C@@H](CC)CCCC)c(=O)c8cc74)c4cc7c(=O)n(C[C@H](CC)CCCC)c(=O)c7cc64)c4cc6c(=O)n(C[C@@H](CC)CCCC)c(=O)c6cc54)c3cc2c1=O.[Pt+4]. The van der Waals surface area contributed by atoms with E-state index < -0.39 is 44.5 Å². The molecule has 9 aromatic carbocycles. The van der Waals surface area contributed by atoms with Crippen LogP contribution in [0.25, 0.3) is 175 Å². The van der Waals surface area contributed by atoms with Gasteiger partial charge in [-0.2, -0.15) is 0 Å². The molecule has 17 rings (SSSR count).